The van der Waals surface area contributed by atoms with Crippen LogP contribution in [0.4, 0.5) is 0 Å². The third kappa shape index (κ3) is 3.82. The summed E-state index contributed by atoms with van der Waals surface area (Å²) in [6, 6.07) is 14.5. The number of fused-ring (bicyclic) bond motifs is 2. The molecule has 1 unspecified atom stereocenters. The molecular formula is C24H29NO5. The second-order valence-corrected chi connectivity index (χ2v) is 8.24. The van der Waals surface area contributed by atoms with E-state index >= 15 is 0 Å². The summed E-state index contributed by atoms with van der Waals surface area (Å²) in [5.74, 6) is 3.31. The predicted octanol–water partition coefficient (Wildman–Crippen LogP) is 3.67. The van der Waals surface area contributed by atoms with E-state index in [-0.39, 0.29) is 11.7 Å². The fraction of sp³-hybridized carbons (Fsp3) is 0.500. The molecule has 0 spiro atoms. The fourth-order valence-electron chi connectivity index (χ4n) is 4.69. The molecule has 1 aliphatic carbocycles. The number of para-hydroxylation sites is 2. The van der Waals surface area contributed by atoms with Gasteiger partial charge < -0.3 is 29.0 Å². The summed E-state index contributed by atoms with van der Waals surface area (Å²) < 4.78 is 29.4. The van der Waals surface area contributed by atoms with Crippen molar-refractivity contribution in [2.75, 3.05) is 33.5 Å². The maximum absolute atomic E-state index is 6.07. The SMILES string of the molecule is CO[C@]1(c2ccc3c(c2)OCCO3)CC[C@H](NCC2COc3ccccc3O2)CC1. The van der Waals surface area contributed by atoms with E-state index in [1.807, 2.05) is 37.4 Å². The van der Waals surface area contributed by atoms with Gasteiger partial charge in [-0.3, -0.25) is 0 Å². The summed E-state index contributed by atoms with van der Waals surface area (Å²) in [6.07, 6.45) is 4.06. The van der Waals surface area contributed by atoms with E-state index in [0.29, 0.717) is 25.9 Å². The van der Waals surface area contributed by atoms with Crippen LogP contribution < -0.4 is 24.3 Å². The van der Waals surface area contributed by atoms with Gasteiger partial charge in [-0.15, -0.1) is 0 Å². The van der Waals surface area contributed by atoms with Crippen molar-refractivity contribution in [2.45, 2.75) is 43.4 Å². The summed E-state index contributed by atoms with van der Waals surface area (Å²) >= 11 is 0. The van der Waals surface area contributed by atoms with Gasteiger partial charge in [0.05, 0.1) is 5.60 Å². The first-order valence-corrected chi connectivity index (χ1v) is 10.8. The van der Waals surface area contributed by atoms with Crippen LogP contribution in [-0.4, -0.2) is 45.6 Å². The lowest BCUT2D eigenvalue weighted by Gasteiger charge is -2.40. The van der Waals surface area contributed by atoms with Crippen LogP contribution in [-0.2, 0) is 10.3 Å². The van der Waals surface area contributed by atoms with Crippen molar-refractivity contribution < 1.29 is 23.7 Å². The Bertz CT molecular complexity index is 878. The second-order valence-electron chi connectivity index (χ2n) is 8.24. The van der Waals surface area contributed by atoms with Gasteiger partial charge in [0, 0.05) is 19.7 Å². The van der Waals surface area contributed by atoms with Gasteiger partial charge in [0.2, 0.25) is 0 Å². The van der Waals surface area contributed by atoms with Crippen molar-refractivity contribution in [1.82, 2.24) is 5.32 Å². The minimum Gasteiger partial charge on any atom is -0.486 e. The van der Waals surface area contributed by atoms with Gasteiger partial charge in [0.25, 0.3) is 0 Å². The van der Waals surface area contributed by atoms with Crippen LogP contribution in [0, 0.1) is 0 Å². The number of hydrogen-bond acceptors (Lipinski definition) is 6. The average Bonchev–Trinajstić information content (AvgIpc) is 2.82. The van der Waals surface area contributed by atoms with E-state index in [2.05, 4.69) is 17.4 Å². The Hall–Kier alpha value is -2.44. The maximum atomic E-state index is 6.07. The molecule has 1 fully saturated rings. The van der Waals surface area contributed by atoms with Crippen molar-refractivity contribution in [3.63, 3.8) is 0 Å². The van der Waals surface area contributed by atoms with E-state index in [9.17, 15) is 0 Å². The molecule has 30 heavy (non-hydrogen) atoms. The summed E-state index contributed by atoms with van der Waals surface area (Å²) in [5, 5.41) is 3.68. The Balaban J connectivity index is 1.17. The van der Waals surface area contributed by atoms with Gasteiger partial charge in [-0.05, 0) is 55.5 Å². The quantitative estimate of drug-likeness (QED) is 0.810. The minimum atomic E-state index is -0.266. The molecule has 0 amide bonds. The number of benzene rings is 2. The van der Waals surface area contributed by atoms with Crippen LogP contribution in [0.15, 0.2) is 42.5 Å². The van der Waals surface area contributed by atoms with Gasteiger partial charge in [0.15, 0.2) is 23.0 Å². The molecule has 2 aromatic rings. The number of ether oxygens (including phenoxy) is 5. The van der Waals surface area contributed by atoms with E-state index in [1.165, 1.54) is 5.56 Å². The van der Waals surface area contributed by atoms with Crippen molar-refractivity contribution >= 4 is 0 Å². The highest BCUT2D eigenvalue weighted by Crippen LogP contribution is 2.43. The van der Waals surface area contributed by atoms with Crippen molar-refractivity contribution in [1.29, 1.82) is 0 Å². The number of methoxy groups -OCH3 is 1. The lowest BCUT2D eigenvalue weighted by atomic mass is 9.77. The zero-order valence-electron chi connectivity index (χ0n) is 17.4. The molecule has 0 radical (unpaired) electrons. The zero-order valence-corrected chi connectivity index (χ0v) is 17.4. The van der Waals surface area contributed by atoms with Gasteiger partial charge in [-0.1, -0.05) is 18.2 Å². The molecule has 2 aromatic carbocycles. The van der Waals surface area contributed by atoms with Crippen LogP contribution in [0.2, 0.25) is 0 Å². The average molecular weight is 411 g/mol. The molecule has 0 bridgehead atoms. The fourth-order valence-corrected chi connectivity index (χ4v) is 4.69. The largest absolute Gasteiger partial charge is 0.486 e. The van der Waals surface area contributed by atoms with Crippen LogP contribution in [0.1, 0.15) is 31.2 Å². The molecular weight excluding hydrogens is 382 g/mol. The third-order valence-electron chi connectivity index (χ3n) is 6.45. The lowest BCUT2D eigenvalue weighted by molar-refractivity contribution is -0.0509. The molecule has 1 N–H and O–H groups in total. The molecule has 3 aliphatic rings. The molecule has 1 saturated carbocycles. The van der Waals surface area contributed by atoms with Crippen LogP contribution in [0.5, 0.6) is 23.0 Å². The Morgan fingerprint density at radius 2 is 1.67 bits per heavy atom. The Morgan fingerprint density at radius 3 is 2.47 bits per heavy atom. The van der Waals surface area contributed by atoms with Crippen LogP contribution in [0.25, 0.3) is 0 Å². The molecule has 6 nitrogen and oxygen atoms in total. The molecule has 0 saturated heterocycles. The molecule has 5 rings (SSSR count). The molecule has 0 aromatic heterocycles. The second kappa shape index (κ2) is 8.36. The minimum absolute atomic E-state index is 0.0341. The smallest absolute Gasteiger partial charge is 0.161 e. The van der Waals surface area contributed by atoms with E-state index in [1.54, 1.807) is 0 Å². The van der Waals surface area contributed by atoms with E-state index in [4.69, 9.17) is 23.7 Å². The summed E-state index contributed by atoms with van der Waals surface area (Å²) in [6.45, 7) is 2.56. The first kappa shape index (κ1) is 19.5. The summed E-state index contributed by atoms with van der Waals surface area (Å²) in [7, 11) is 1.81. The highest BCUT2D eigenvalue weighted by Gasteiger charge is 2.38. The van der Waals surface area contributed by atoms with Crippen LogP contribution in [0.3, 0.4) is 0 Å². The topological polar surface area (TPSA) is 58.2 Å². The van der Waals surface area contributed by atoms with Crippen molar-refractivity contribution in [3.8, 4) is 23.0 Å². The standard InChI is InChI=1S/C24H29NO5/c1-26-24(17-6-7-21-23(14-17)28-13-12-27-21)10-8-18(9-11-24)25-15-19-16-29-20-4-2-3-5-22(20)30-19/h2-7,14,18-19,25H,8-13,15-16H2,1H3/t18-,19?,24+. The van der Waals surface area contributed by atoms with Crippen LogP contribution >= 0.6 is 0 Å². The Kier molecular flexibility index (Phi) is 5.44. The zero-order chi connectivity index (χ0) is 20.4. The Labute approximate surface area is 177 Å². The molecule has 2 aliphatic heterocycles. The highest BCUT2D eigenvalue weighted by atomic mass is 16.6. The Morgan fingerprint density at radius 1 is 0.933 bits per heavy atom. The third-order valence-corrected chi connectivity index (χ3v) is 6.45. The summed E-state index contributed by atoms with van der Waals surface area (Å²) in [5.41, 5.74) is 0.908. The number of hydrogen-bond donors (Lipinski definition) is 1. The van der Waals surface area contributed by atoms with Gasteiger partial charge >= 0.3 is 0 Å². The highest BCUT2D eigenvalue weighted by molar-refractivity contribution is 5.45. The van der Waals surface area contributed by atoms with Gasteiger partial charge in [-0.2, -0.15) is 0 Å². The maximum Gasteiger partial charge on any atom is 0.161 e. The van der Waals surface area contributed by atoms with Crippen molar-refractivity contribution in [3.05, 3.63) is 48.0 Å². The summed E-state index contributed by atoms with van der Waals surface area (Å²) in [4.78, 5) is 0. The van der Waals surface area contributed by atoms with E-state index < -0.39 is 0 Å². The molecule has 6 heteroatoms. The normalized spacial score (nSPS) is 27.5. The van der Waals surface area contributed by atoms with Crippen molar-refractivity contribution in [2.24, 2.45) is 0 Å². The first-order chi connectivity index (χ1) is 14.8. The molecule has 1 atom stereocenters. The first-order valence-electron chi connectivity index (χ1n) is 10.8. The number of nitrogens with one attached hydrogen (secondary N) is 1. The molecule has 160 valence electrons. The number of rotatable bonds is 5. The lowest BCUT2D eigenvalue weighted by Crippen LogP contribution is -2.46. The molecule has 2 heterocycles. The predicted molar refractivity (Wildman–Crippen MR) is 113 cm³/mol. The van der Waals surface area contributed by atoms with E-state index in [0.717, 1.165) is 55.2 Å². The van der Waals surface area contributed by atoms with Gasteiger partial charge in [-0.25, -0.2) is 0 Å². The monoisotopic (exact) mass is 411 g/mol. The van der Waals surface area contributed by atoms with Gasteiger partial charge in [0.1, 0.15) is 25.9 Å².